The van der Waals surface area contributed by atoms with Crippen molar-refractivity contribution in [3.63, 3.8) is 0 Å². The summed E-state index contributed by atoms with van der Waals surface area (Å²) in [4.78, 5) is 14.3. The first-order valence-electron chi connectivity index (χ1n) is 9.97. The van der Waals surface area contributed by atoms with Crippen LogP contribution in [0.4, 0.5) is 4.39 Å². The normalized spacial score (nSPS) is 25.4. The van der Waals surface area contributed by atoms with E-state index in [9.17, 15) is 9.18 Å². The zero-order valence-corrected chi connectivity index (χ0v) is 15.7. The van der Waals surface area contributed by atoms with E-state index in [1.165, 1.54) is 12.1 Å². The predicted molar refractivity (Wildman–Crippen MR) is 97.9 cm³/mol. The van der Waals surface area contributed by atoms with Crippen molar-refractivity contribution in [3.05, 3.63) is 35.6 Å². The van der Waals surface area contributed by atoms with E-state index >= 15 is 0 Å². The molecule has 0 aliphatic carbocycles. The minimum Gasteiger partial charge on any atom is -0.381 e. The van der Waals surface area contributed by atoms with Crippen molar-refractivity contribution in [2.24, 2.45) is 5.92 Å². The lowest BCUT2D eigenvalue weighted by atomic mass is 9.84. The molecule has 1 amide bonds. The summed E-state index contributed by atoms with van der Waals surface area (Å²) in [7, 11) is 0. The molecule has 1 aromatic carbocycles. The Hall–Kier alpha value is -1.50. The Balaban J connectivity index is 1.23. The molecule has 3 aliphatic heterocycles. The summed E-state index contributed by atoms with van der Waals surface area (Å²) in [5.74, 6) is 0.394. The van der Waals surface area contributed by atoms with Gasteiger partial charge in [0.2, 0.25) is 5.91 Å². The largest absolute Gasteiger partial charge is 0.381 e. The second-order valence-electron chi connectivity index (χ2n) is 8.09. The highest BCUT2D eigenvalue weighted by atomic mass is 19.1. The SMILES string of the molecule is O=C(Cc1ccc(F)cc1)N1CC2(CC(OCC3CCOCC3)CCO2)C1. The topological polar surface area (TPSA) is 48.0 Å². The minimum atomic E-state index is -0.281. The molecule has 3 fully saturated rings. The van der Waals surface area contributed by atoms with Crippen molar-refractivity contribution in [2.75, 3.05) is 39.5 Å². The Bertz CT molecular complexity index is 638. The van der Waals surface area contributed by atoms with Crippen molar-refractivity contribution in [1.82, 2.24) is 4.90 Å². The maximum absolute atomic E-state index is 13.0. The molecule has 1 atom stereocenters. The van der Waals surface area contributed by atoms with E-state index in [1.54, 1.807) is 12.1 Å². The maximum Gasteiger partial charge on any atom is 0.227 e. The Morgan fingerprint density at radius 2 is 1.89 bits per heavy atom. The van der Waals surface area contributed by atoms with E-state index in [0.29, 0.717) is 32.0 Å². The Labute approximate surface area is 159 Å². The third-order valence-corrected chi connectivity index (χ3v) is 5.94. The van der Waals surface area contributed by atoms with Crippen molar-refractivity contribution in [2.45, 2.75) is 43.8 Å². The number of amides is 1. The summed E-state index contributed by atoms with van der Waals surface area (Å²) in [6.07, 6.45) is 4.47. The molecular weight excluding hydrogens is 349 g/mol. The van der Waals surface area contributed by atoms with Crippen LogP contribution in [0.1, 0.15) is 31.2 Å². The van der Waals surface area contributed by atoms with Crippen molar-refractivity contribution >= 4 is 5.91 Å². The van der Waals surface area contributed by atoms with Crippen LogP contribution in [0, 0.1) is 11.7 Å². The third kappa shape index (κ3) is 4.68. The van der Waals surface area contributed by atoms with Crippen LogP contribution in [0.5, 0.6) is 0 Å². The minimum absolute atomic E-state index is 0.0704. The number of rotatable bonds is 5. The first-order valence-corrected chi connectivity index (χ1v) is 9.97. The van der Waals surface area contributed by atoms with Crippen LogP contribution < -0.4 is 0 Å². The number of benzene rings is 1. The van der Waals surface area contributed by atoms with Gasteiger partial charge in [0.1, 0.15) is 11.4 Å². The van der Waals surface area contributed by atoms with Gasteiger partial charge in [-0.05, 0) is 42.9 Å². The number of hydrogen-bond acceptors (Lipinski definition) is 4. The van der Waals surface area contributed by atoms with Gasteiger partial charge in [0.15, 0.2) is 0 Å². The van der Waals surface area contributed by atoms with Crippen molar-refractivity contribution in [1.29, 1.82) is 0 Å². The van der Waals surface area contributed by atoms with E-state index in [-0.39, 0.29) is 23.4 Å². The molecule has 0 aromatic heterocycles. The van der Waals surface area contributed by atoms with Crippen LogP contribution >= 0.6 is 0 Å². The third-order valence-electron chi connectivity index (χ3n) is 5.94. The quantitative estimate of drug-likeness (QED) is 0.791. The number of carbonyl (C=O) groups excluding carboxylic acids is 1. The van der Waals surface area contributed by atoms with Gasteiger partial charge in [-0.2, -0.15) is 0 Å². The molecule has 3 aliphatic rings. The number of likely N-dealkylation sites (tertiary alicyclic amines) is 1. The average Bonchev–Trinajstić information content (AvgIpc) is 2.67. The number of halogens is 1. The Kier molecular flexibility index (Phi) is 5.76. The molecule has 3 heterocycles. The lowest BCUT2D eigenvalue weighted by Crippen LogP contribution is -2.67. The number of nitrogens with zero attached hydrogens (tertiary/aromatic N) is 1. The Morgan fingerprint density at radius 3 is 2.63 bits per heavy atom. The maximum atomic E-state index is 13.0. The summed E-state index contributed by atoms with van der Waals surface area (Å²) in [6, 6.07) is 6.12. The lowest BCUT2D eigenvalue weighted by molar-refractivity contribution is -0.202. The molecule has 0 radical (unpaired) electrons. The summed E-state index contributed by atoms with van der Waals surface area (Å²) in [5.41, 5.74) is 0.599. The van der Waals surface area contributed by atoms with Gasteiger partial charge < -0.3 is 19.1 Å². The monoisotopic (exact) mass is 377 g/mol. The van der Waals surface area contributed by atoms with E-state index < -0.39 is 0 Å². The van der Waals surface area contributed by atoms with Crippen LogP contribution in [-0.4, -0.2) is 62.0 Å². The van der Waals surface area contributed by atoms with Crippen LogP contribution in [-0.2, 0) is 25.4 Å². The molecule has 1 spiro atoms. The molecule has 6 heteroatoms. The van der Waals surface area contributed by atoms with Crippen LogP contribution in [0.2, 0.25) is 0 Å². The fourth-order valence-corrected chi connectivity index (χ4v) is 4.25. The number of hydrogen-bond donors (Lipinski definition) is 0. The summed E-state index contributed by atoms with van der Waals surface area (Å²) in [5, 5.41) is 0. The van der Waals surface area contributed by atoms with Gasteiger partial charge in [0.25, 0.3) is 0 Å². The number of ether oxygens (including phenoxy) is 3. The fourth-order valence-electron chi connectivity index (χ4n) is 4.25. The van der Waals surface area contributed by atoms with Crippen LogP contribution in [0.3, 0.4) is 0 Å². The van der Waals surface area contributed by atoms with E-state index in [0.717, 1.165) is 51.1 Å². The van der Waals surface area contributed by atoms with E-state index in [1.807, 2.05) is 4.90 Å². The molecular formula is C21H28FNO4. The Morgan fingerprint density at radius 1 is 1.15 bits per heavy atom. The molecule has 1 aromatic rings. The standard InChI is InChI=1S/C21H28FNO4/c22-18-3-1-16(2-4-18)11-20(24)23-14-21(15-23)12-19(7-10-27-21)26-13-17-5-8-25-9-6-17/h1-4,17,19H,5-15H2. The number of carbonyl (C=O) groups is 1. The van der Waals surface area contributed by atoms with Crippen LogP contribution in [0.15, 0.2) is 24.3 Å². The van der Waals surface area contributed by atoms with E-state index in [4.69, 9.17) is 14.2 Å². The first kappa shape index (κ1) is 18.8. The predicted octanol–water partition coefficient (Wildman–Crippen LogP) is 2.57. The van der Waals surface area contributed by atoms with Gasteiger partial charge >= 0.3 is 0 Å². The van der Waals surface area contributed by atoms with Gasteiger partial charge in [-0.15, -0.1) is 0 Å². The molecule has 0 N–H and O–H groups in total. The highest BCUT2D eigenvalue weighted by molar-refractivity contribution is 5.80. The summed E-state index contributed by atoms with van der Waals surface area (Å²) < 4.78 is 30.6. The summed E-state index contributed by atoms with van der Waals surface area (Å²) >= 11 is 0. The molecule has 5 nitrogen and oxygen atoms in total. The zero-order chi connectivity index (χ0) is 18.7. The highest BCUT2D eigenvalue weighted by Gasteiger charge is 2.49. The molecule has 27 heavy (non-hydrogen) atoms. The van der Waals surface area contributed by atoms with E-state index in [2.05, 4.69) is 0 Å². The molecule has 0 bridgehead atoms. The smallest absolute Gasteiger partial charge is 0.227 e. The average molecular weight is 377 g/mol. The van der Waals surface area contributed by atoms with Gasteiger partial charge in [-0.1, -0.05) is 12.1 Å². The molecule has 148 valence electrons. The first-order chi connectivity index (χ1) is 13.1. The molecule has 3 saturated heterocycles. The zero-order valence-electron chi connectivity index (χ0n) is 15.7. The molecule has 0 saturated carbocycles. The van der Waals surface area contributed by atoms with Crippen LogP contribution in [0.25, 0.3) is 0 Å². The molecule has 1 unspecified atom stereocenters. The summed E-state index contributed by atoms with van der Waals surface area (Å²) in [6.45, 7) is 4.44. The lowest BCUT2D eigenvalue weighted by Gasteiger charge is -2.53. The van der Waals surface area contributed by atoms with Gasteiger partial charge in [0.05, 0.1) is 25.6 Å². The van der Waals surface area contributed by atoms with Crippen molar-refractivity contribution in [3.8, 4) is 0 Å². The second kappa shape index (κ2) is 8.25. The fraction of sp³-hybridized carbons (Fsp3) is 0.667. The van der Waals surface area contributed by atoms with Gasteiger partial charge in [-0.3, -0.25) is 4.79 Å². The molecule has 4 rings (SSSR count). The van der Waals surface area contributed by atoms with Gasteiger partial charge in [0, 0.05) is 32.8 Å². The highest BCUT2D eigenvalue weighted by Crippen LogP contribution is 2.36. The second-order valence-corrected chi connectivity index (χ2v) is 8.09. The van der Waals surface area contributed by atoms with Crippen molar-refractivity contribution < 1.29 is 23.4 Å². The van der Waals surface area contributed by atoms with Gasteiger partial charge in [-0.25, -0.2) is 4.39 Å².